The number of halogens is 2. The van der Waals surface area contributed by atoms with Gasteiger partial charge in [-0.1, -0.05) is 17.7 Å². The summed E-state index contributed by atoms with van der Waals surface area (Å²) in [4.78, 5) is 22.9. The Morgan fingerprint density at radius 1 is 1.07 bits per heavy atom. The van der Waals surface area contributed by atoms with Gasteiger partial charge in [-0.3, -0.25) is 4.79 Å². The van der Waals surface area contributed by atoms with E-state index in [2.05, 4.69) is 20.6 Å². The van der Waals surface area contributed by atoms with Gasteiger partial charge in [-0.2, -0.15) is 0 Å². The number of aryl methyl sites for hydroxylation is 1. The molecular formula is C20H19ClFN5O. The summed E-state index contributed by atoms with van der Waals surface area (Å²) in [7, 11) is 3.82. The molecule has 144 valence electrons. The number of nitrogens with zero attached hydrogens (tertiary/aromatic N) is 3. The number of hydrogen-bond acceptors (Lipinski definition) is 5. The Kier molecular flexibility index (Phi) is 5.75. The van der Waals surface area contributed by atoms with Crippen LogP contribution in [0.15, 0.2) is 48.5 Å². The molecule has 2 aromatic carbocycles. The SMILES string of the molecule is Cc1nc(Nc2ccc(NC(=O)c3c(F)cccc3Cl)cc2)cc(N(C)C)n1. The number of anilines is 4. The monoisotopic (exact) mass is 399 g/mol. The van der Waals surface area contributed by atoms with E-state index >= 15 is 0 Å². The van der Waals surface area contributed by atoms with Crippen LogP contribution in [0.1, 0.15) is 16.2 Å². The third kappa shape index (κ3) is 4.55. The summed E-state index contributed by atoms with van der Waals surface area (Å²) < 4.78 is 13.9. The molecule has 1 aromatic heterocycles. The van der Waals surface area contributed by atoms with E-state index in [9.17, 15) is 9.18 Å². The van der Waals surface area contributed by atoms with Crippen LogP contribution in [0.5, 0.6) is 0 Å². The van der Waals surface area contributed by atoms with Crippen LogP contribution >= 0.6 is 11.6 Å². The van der Waals surface area contributed by atoms with Gasteiger partial charge in [-0.05, 0) is 43.3 Å². The number of carbonyl (C=O) groups is 1. The van der Waals surface area contributed by atoms with Gasteiger partial charge in [-0.15, -0.1) is 0 Å². The summed E-state index contributed by atoms with van der Waals surface area (Å²) in [6.45, 7) is 1.82. The van der Waals surface area contributed by atoms with Crippen LogP contribution in [0.3, 0.4) is 0 Å². The number of aromatic nitrogens is 2. The van der Waals surface area contributed by atoms with Crippen molar-refractivity contribution in [1.82, 2.24) is 9.97 Å². The second-order valence-corrected chi connectivity index (χ2v) is 6.71. The number of hydrogen-bond donors (Lipinski definition) is 2. The standard InChI is InChI=1S/C20H19ClFN5O/c1-12-23-17(11-18(24-12)27(2)3)25-13-7-9-14(10-8-13)26-20(28)19-15(21)5-4-6-16(19)22/h4-11H,1-3H3,(H,26,28)(H,23,24,25). The van der Waals surface area contributed by atoms with Crippen molar-refractivity contribution >= 4 is 40.5 Å². The highest BCUT2D eigenvalue weighted by molar-refractivity contribution is 6.34. The molecule has 6 nitrogen and oxygen atoms in total. The average Bonchev–Trinajstić information content (AvgIpc) is 2.62. The van der Waals surface area contributed by atoms with Crippen LogP contribution in [-0.2, 0) is 0 Å². The Morgan fingerprint density at radius 3 is 2.39 bits per heavy atom. The van der Waals surface area contributed by atoms with Crippen molar-refractivity contribution in [2.24, 2.45) is 0 Å². The molecule has 0 spiro atoms. The number of amides is 1. The predicted octanol–water partition coefficient (Wildman–Crippen LogP) is 4.64. The Bertz CT molecular complexity index is 988. The van der Waals surface area contributed by atoms with Crippen LogP contribution in [0.2, 0.25) is 5.02 Å². The van der Waals surface area contributed by atoms with Crippen LogP contribution in [0.4, 0.5) is 27.4 Å². The molecule has 0 bridgehead atoms. The Morgan fingerprint density at radius 2 is 1.75 bits per heavy atom. The van der Waals surface area contributed by atoms with Crippen molar-refractivity contribution in [2.75, 3.05) is 29.6 Å². The van der Waals surface area contributed by atoms with Crippen LogP contribution in [-0.4, -0.2) is 30.0 Å². The maximum Gasteiger partial charge on any atom is 0.260 e. The van der Waals surface area contributed by atoms with E-state index in [0.717, 1.165) is 11.5 Å². The maximum absolute atomic E-state index is 13.9. The van der Waals surface area contributed by atoms with E-state index in [4.69, 9.17) is 11.6 Å². The fourth-order valence-corrected chi connectivity index (χ4v) is 2.79. The lowest BCUT2D eigenvalue weighted by atomic mass is 10.2. The Labute approximate surface area is 167 Å². The molecule has 1 amide bonds. The van der Waals surface area contributed by atoms with E-state index in [-0.39, 0.29) is 10.6 Å². The lowest BCUT2D eigenvalue weighted by Crippen LogP contribution is -2.14. The highest BCUT2D eigenvalue weighted by Crippen LogP contribution is 2.23. The van der Waals surface area contributed by atoms with E-state index in [1.807, 2.05) is 32.0 Å². The lowest BCUT2D eigenvalue weighted by Gasteiger charge is -2.14. The van der Waals surface area contributed by atoms with E-state index < -0.39 is 11.7 Å². The van der Waals surface area contributed by atoms with Crippen molar-refractivity contribution in [3.05, 3.63) is 70.8 Å². The molecule has 28 heavy (non-hydrogen) atoms. The summed E-state index contributed by atoms with van der Waals surface area (Å²) in [6.07, 6.45) is 0. The van der Waals surface area contributed by atoms with Crippen molar-refractivity contribution < 1.29 is 9.18 Å². The van der Waals surface area contributed by atoms with Gasteiger partial charge < -0.3 is 15.5 Å². The van der Waals surface area contributed by atoms with Gasteiger partial charge >= 0.3 is 0 Å². The van der Waals surface area contributed by atoms with Crippen LogP contribution in [0.25, 0.3) is 0 Å². The van der Waals surface area contributed by atoms with Gasteiger partial charge in [0, 0.05) is 31.5 Å². The summed E-state index contributed by atoms with van der Waals surface area (Å²) in [5.41, 5.74) is 1.12. The van der Waals surface area contributed by atoms with Gasteiger partial charge in [0.25, 0.3) is 5.91 Å². The van der Waals surface area contributed by atoms with Crippen molar-refractivity contribution in [3.8, 4) is 0 Å². The molecule has 3 aromatic rings. The maximum atomic E-state index is 13.9. The molecular weight excluding hydrogens is 381 g/mol. The van der Waals surface area contributed by atoms with E-state index in [1.54, 1.807) is 24.3 Å². The molecule has 0 radical (unpaired) electrons. The molecule has 0 saturated heterocycles. The third-order valence-corrected chi connectivity index (χ3v) is 4.20. The number of benzene rings is 2. The van der Waals surface area contributed by atoms with Crippen molar-refractivity contribution in [3.63, 3.8) is 0 Å². The Hall–Kier alpha value is -3.19. The lowest BCUT2D eigenvalue weighted by molar-refractivity contribution is 0.102. The normalized spacial score (nSPS) is 10.5. The van der Waals surface area contributed by atoms with Gasteiger partial charge in [0.2, 0.25) is 0 Å². The van der Waals surface area contributed by atoms with Crippen LogP contribution < -0.4 is 15.5 Å². The fourth-order valence-electron chi connectivity index (χ4n) is 2.54. The first kappa shape index (κ1) is 19.6. The van der Waals surface area contributed by atoms with Crippen LogP contribution in [0, 0.1) is 12.7 Å². The molecule has 0 aliphatic rings. The molecule has 8 heteroatoms. The quantitative estimate of drug-likeness (QED) is 0.654. The van der Waals surface area contributed by atoms with Gasteiger partial charge in [0.1, 0.15) is 23.3 Å². The predicted molar refractivity (Wildman–Crippen MR) is 110 cm³/mol. The first-order valence-electron chi connectivity index (χ1n) is 8.49. The molecule has 1 heterocycles. The molecule has 0 aliphatic heterocycles. The highest BCUT2D eigenvalue weighted by Gasteiger charge is 2.15. The molecule has 0 saturated carbocycles. The zero-order valence-electron chi connectivity index (χ0n) is 15.6. The van der Waals surface area contributed by atoms with E-state index in [1.165, 1.54) is 18.2 Å². The zero-order chi connectivity index (χ0) is 20.3. The topological polar surface area (TPSA) is 70.2 Å². The minimum atomic E-state index is -0.667. The molecule has 0 aliphatic carbocycles. The summed E-state index contributed by atoms with van der Waals surface area (Å²) in [6, 6.07) is 12.9. The number of nitrogens with one attached hydrogen (secondary N) is 2. The highest BCUT2D eigenvalue weighted by atomic mass is 35.5. The van der Waals surface area contributed by atoms with Gasteiger partial charge in [0.05, 0.1) is 10.6 Å². The largest absolute Gasteiger partial charge is 0.363 e. The molecule has 2 N–H and O–H groups in total. The number of rotatable bonds is 5. The Balaban J connectivity index is 1.73. The molecule has 3 rings (SSSR count). The molecule has 0 atom stereocenters. The minimum absolute atomic E-state index is 0.0617. The minimum Gasteiger partial charge on any atom is -0.363 e. The summed E-state index contributed by atoms with van der Waals surface area (Å²) in [5, 5.41) is 5.90. The average molecular weight is 400 g/mol. The zero-order valence-corrected chi connectivity index (χ0v) is 16.4. The van der Waals surface area contributed by atoms with Gasteiger partial charge in [0.15, 0.2) is 0 Å². The summed E-state index contributed by atoms with van der Waals surface area (Å²) >= 11 is 5.93. The number of carbonyl (C=O) groups excluding carboxylic acids is 1. The first-order chi connectivity index (χ1) is 13.3. The van der Waals surface area contributed by atoms with Gasteiger partial charge in [-0.25, -0.2) is 14.4 Å². The second kappa shape index (κ2) is 8.22. The smallest absolute Gasteiger partial charge is 0.260 e. The first-order valence-corrected chi connectivity index (χ1v) is 8.87. The summed E-state index contributed by atoms with van der Waals surface area (Å²) in [5.74, 6) is 0.830. The van der Waals surface area contributed by atoms with Crippen molar-refractivity contribution in [2.45, 2.75) is 6.92 Å². The second-order valence-electron chi connectivity index (χ2n) is 6.31. The van der Waals surface area contributed by atoms with Crippen molar-refractivity contribution in [1.29, 1.82) is 0 Å². The fraction of sp³-hybridized carbons (Fsp3) is 0.150. The molecule has 0 unspecified atom stereocenters. The molecule has 0 fully saturated rings. The van der Waals surface area contributed by atoms with E-state index in [0.29, 0.717) is 17.3 Å². The third-order valence-electron chi connectivity index (χ3n) is 3.89.